The molecule has 1 saturated carbocycles. The summed E-state index contributed by atoms with van der Waals surface area (Å²) in [5, 5.41) is 12.3. The van der Waals surface area contributed by atoms with E-state index < -0.39 is 11.9 Å². The Morgan fingerprint density at radius 2 is 2.03 bits per heavy atom. The third-order valence-electron chi connectivity index (χ3n) is 6.20. The minimum absolute atomic E-state index is 0.00916. The first-order valence-electron chi connectivity index (χ1n) is 12.2. The van der Waals surface area contributed by atoms with Crippen molar-refractivity contribution in [2.45, 2.75) is 57.4 Å². The standard InChI is InChI=1S/C25H30FN5O4S/c1-3-35-23(33)11-13-31-28-22(27-29-31)14-18-15-30(12-10-21(18)36-16(2)32)24(25(34)17-8-9-17)19-6-4-5-7-20(19)26/h4-7,14,17,21,24H,3,8-13,15H2,1-2H3/b18-14+. The van der Waals surface area contributed by atoms with Gasteiger partial charge in [-0.25, -0.2) is 4.39 Å². The van der Waals surface area contributed by atoms with E-state index in [-0.39, 0.29) is 41.0 Å². The monoisotopic (exact) mass is 515 g/mol. The van der Waals surface area contributed by atoms with Gasteiger partial charge in [0, 0.05) is 36.7 Å². The van der Waals surface area contributed by atoms with Gasteiger partial charge in [-0.05, 0) is 49.1 Å². The molecule has 4 rings (SSSR count). The van der Waals surface area contributed by atoms with Crippen molar-refractivity contribution in [2.75, 3.05) is 19.7 Å². The van der Waals surface area contributed by atoms with Crippen molar-refractivity contribution >= 4 is 34.7 Å². The number of ketones is 1. The van der Waals surface area contributed by atoms with Crippen LogP contribution in [-0.4, -0.2) is 66.9 Å². The second-order valence-electron chi connectivity index (χ2n) is 8.98. The Balaban J connectivity index is 1.57. The second kappa shape index (κ2) is 11.9. The molecule has 36 heavy (non-hydrogen) atoms. The van der Waals surface area contributed by atoms with E-state index in [1.807, 2.05) is 4.90 Å². The summed E-state index contributed by atoms with van der Waals surface area (Å²) in [6, 6.07) is 5.75. The number of ether oxygens (including phenoxy) is 1. The molecular formula is C25H30FN5O4S. The number of hydrogen-bond acceptors (Lipinski definition) is 9. The highest BCUT2D eigenvalue weighted by atomic mass is 32.2. The van der Waals surface area contributed by atoms with Crippen LogP contribution in [0.15, 0.2) is 29.8 Å². The molecule has 192 valence electrons. The van der Waals surface area contributed by atoms with E-state index in [2.05, 4.69) is 15.4 Å². The number of aryl methyl sites for hydroxylation is 1. The van der Waals surface area contributed by atoms with Crippen molar-refractivity contribution < 1.29 is 23.5 Å². The fourth-order valence-electron chi connectivity index (χ4n) is 4.39. The Morgan fingerprint density at radius 1 is 1.25 bits per heavy atom. The Hall–Kier alpha value is -2.92. The minimum atomic E-state index is -0.682. The molecule has 2 aliphatic rings. The smallest absolute Gasteiger partial charge is 0.307 e. The maximum atomic E-state index is 14.8. The molecule has 2 unspecified atom stereocenters. The topological polar surface area (TPSA) is 107 Å². The van der Waals surface area contributed by atoms with Crippen LogP contribution in [0.5, 0.6) is 0 Å². The van der Waals surface area contributed by atoms with Gasteiger partial charge in [-0.2, -0.15) is 4.80 Å². The number of esters is 1. The second-order valence-corrected chi connectivity index (χ2v) is 10.4. The first-order chi connectivity index (χ1) is 17.4. The predicted molar refractivity (Wildman–Crippen MR) is 132 cm³/mol. The average Bonchev–Trinajstić information content (AvgIpc) is 3.60. The number of nitrogens with zero attached hydrogens (tertiary/aromatic N) is 5. The average molecular weight is 516 g/mol. The van der Waals surface area contributed by atoms with E-state index in [0.717, 1.165) is 18.4 Å². The lowest BCUT2D eigenvalue weighted by Gasteiger charge is -2.38. The van der Waals surface area contributed by atoms with Crippen LogP contribution in [0.4, 0.5) is 4.39 Å². The summed E-state index contributed by atoms with van der Waals surface area (Å²) in [4.78, 5) is 40.2. The number of tetrazole rings is 1. The molecule has 2 aromatic rings. The normalized spacial score (nSPS) is 20.3. The summed E-state index contributed by atoms with van der Waals surface area (Å²) in [6.45, 7) is 4.74. The number of rotatable bonds is 10. The lowest BCUT2D eigenvalue weighted by Crippen LogP contribution is -2.43. The Bertz CT molecular complexity index is 1150. The lowest BCUT2D eigenvalue weighted by molar-refractivity contribution is -0.143. The summed E-state index contributed by atoms with van der Waals surface area (Å²) in [5.41, 5.74) is 1.26. The van der Waals surface area contributed by atoms with Crippen molar-refractivity contribution in [3.8, 4) is 0 Å². The summed E-state index contributed by atoms with van der Waals surface area (Å²) in [7, 11) is 0. The summed E-state index contributed by atoms with van der Waals surface area (Å²) >= 11 is 1.23. The maximum Gasteiger partial charge on any atom is 0.307 e. The fraction of sp³-hybridized carbons (Fsp3) is 0.520. The quantitative estimate of drug-likeness (QED) is 0.441. The molecule has 1 aliphatic carbocycles. The molecule has 2 atom stereocenters. The van der Waals surface area contributed by atoms with Crippen molar-refractivity contribution in [3.05, 3.63) is 47.0 Å². The van der Waals surface area contributed by atoms with Crippen LogP contribution in [0, 0.1) is 11.7 Å². The number of hydrogen-bond donors (Lipinski definition) is 0. The molecule has 0 amide bonds. The molecule has 0 N–H and O–H groups in total. The van der Waals surface area contributed by atoms with Gasteiger partial charge in [0.15, 0.2) is 16.7 Å². The molecule has 1 saturated heterocycles. The van der Waals surface area contributed by atoms with Crippen LogP contribution in [0.25, 0.3) is 6.08 Å². The van der Waals surface area contributed by atoms with E-state index in [1.165, 1.54) is 29.5 Å². The molecule has 1 aliphatic heterocycles. The van der Waals surface area contributed by atoms with Gasteiger partial charge in [0.2, 0.25) is 0 Å². The van der Waals surface area contributed by atoms with Crippen LogP contribution >= 0.6 is 11.8 Å². The van der Waals surface area contributed by atoms with Gasteiger partial charge in [0.05, 0.1) is 25.6 Å². The van der Waals surface area contributed by atoms with E-state index in [9.17, 15) is 18.8 Å². The maximum absolute atomic E-state index is 14.8. The number of benzene rings is 1. The first kappa shape index (κ1) is 26.2. The number of thioether (sulfide) groups is 1. The SMILES string of the molecule is CCOC(=O)CCn1nnc(/C=C2\CN(C(C(=O)C3CC3)c3ccccc3F)CCC2SC(C)=O)n1. The highest BCUT2D eigenvalue weighted by Crippen LogP contribution is 2.40. The molecule has 2 heterocycles. The zero-order chi connectivity index (χ0) is 25.7. The number of likely N-dealkylation sites (tertiary alicyclic amines) is 1. The van der Waals surface area contributed by atoms with Gasteiger partial charge in [-0.3, -0.25) is 19.3 Å². The molecule has 1 aromatic heterocycles. The molecule has 0 radical (unpaired) electrons. The van der Waals surface area contributed by atoms with Crippen LogP contribution in [0.3, 0.4) is 0 Å². The largest absolute Gasteiger partial charge is 0.466 e. The molecule has 1 aromatic carbocycles. The Morgan fingerprint density at radius 3 is 2.72 bits per heavy atom. The molecule has 0 spiro atoms. The van der Waals surface area contributed by atoms with Crippen LogP contribution in [0.2, 0.25) is 0 Å². The lowest BCUT2D eigenvalue weighted by atomic mass is 9.93. The number of carbonyl (C=O) groups excluding carboxylic acids is 3. The van der Waals surface area contributed by atoms with E-state index in [1.54, 1.807) is 31.2 Å². The van der Waals surface area contributed by atoms with Gasteiger partial charge >= 0.3 is 5.97 Å². The number of Topliss-reactive ketones (excluding diaryl/α,β-unsaturated/α-hetero) is 1. The predicted octanol–water partition coefficient (Wildman–Crippen LogP) is 3.22. The van der Waals surface area contributed by atoms with Gasteiger partial charge in [0.25, 0.3) is 0 Å². The van der Waals surface area contributed by atoms with E-state index in [4.69, 9.17) is 4.74 Å². The fourth-order valence-corrected chi connectivity index (χ4v) is 5.31. The molecule has 9 nitrogen and oxygen atoms in total. The van der Waals surface area contributed by atoms with Crippen molar-refractivity contribution in [2.24, 2.45) is 5.92 Å². The third kappa shape index (κ3) is 6.64. The number of aromatic nitrogens is 4. The zero-order valence-corrected chi connectivity index (χ0v) is 21.2. The van der Waals surface area contributed by atoms with E-state index in [0.29, 0.717) is 37.5 Å². The Kier molecular flexibility index (Phi) is 8.63. The van der Waals surface area contributed by atoms with Crippen LogP contribution in [-0.2, 0) is 25.7 Å². The number of halogens is 1. The van der Waals surface area contributed by atoms with Crippen LogP contribution < -0.4 is 0 Å². The van der Waals surface area contributed by atoms with Gasteiger partial charge < -0.3 is 4.74 Å². The molecule has 2 fully saturated rings. The highest BCUT2D eigenvalue weighted by Gasteiger charge is 2.41. The third-order valence-corrected chi connectivity index (χ3v) is 7.36. The number of carbonyl (C=O) groups is 3. The van der Waals surface area contributed by atoms with Gasteiger partial charge in [0.1, 0.15) is 5.82 Å². The first-order valence-corrected chi connectivity index (χ1v) is 13.1. The van der Waals surface area contributed by atoms with Crippen LogP contribution in [0.1, 0.15) is 57.0 Å². The zero-order valence-electron chi connectivity index (χ0n) is 20.4. The van der Waals surface area contributed by atoms with E-state index >= 15 is 0 Å². The van der Waals surface area contributed by atoms with Crippen molar-refractivity contribution in [1.82, 2.24) is 25.1 Å². The van der Waals surface area contributed by atoms with Gasteiger partial charge in [-0.1, -0.05) is 30.0 Å². The van der Waals surface area contributed by atoms with Crippen molar-refractivity contribution in [3.63, 3.8) is 0 Å². The molecular weight excluding hydrogens is 485 g/mol. The summed E-state index contributed by atoms with van der Waals surface area (Å²) in [5.74, 6) is -0.378. The number of piperidine rings is 1. The summed E-state index contributed by atoms with van der Waals surface area (Å²) < 4.78 is 19.7. The Labute approximate surface area is 213 Å². The molecule has 0 bridgehead atoms. The summed E-state index contributed by atoms with van der Waals surface area (Å²) in [6.07, 6.45) is 4.20. The van der Waals surface area contributed by atoms with Gasteiger partial charge in [-0.15, -0.1) is 10.2 Å². The molecule has 11 heteroatoms. The van der Waals surface area contributed by atoms with Crippen molar-refractivity contribution in [1.29, 1.82) is 0 Å². The minimum Gasteiger partial charge on any atom is -0.466 e. The highest BCUT2D eigenvalue weighted by molar-refractivity contribution is 8.14.